The van der Waals surface area contributed by atoms with Crippen molar-refractivity contribution in [1.29, 1.82) is 0 Å². The minimum atomic E-state index is -0.0495. The SMILES string of the molecule is CC(Sc1nnnn1C1CCCC1)c1nnc(-c2cccc(Cl)c2)o1. The molecule has 0 spiro atoms. The number of rotatable bonds is 5. The van der Waals surface area contributed by atoms with Crippen molar-refractivity contribution in [2.75, 3.05) is 0 Å². The molecule has 1 aliphatic rings. The highest BCUT2D eigenvalue weighted by molar-refractivity contribution is 7.99. The number of tetrazole rings is 1. The van der Waals surface area contributed by atoms with Gasteiger partial charge in [-0.25, -0.2) is 4.68 Å². The first-order valence-corrected chi connectivity index (χ1v) is 9.50. The van der Waals surface area contributed by atoms with Crippen LogP contribution in [0.1, 0.15) is 49.8 Å². The van der Waals surface area contributed by atoms with Gasteiger partial charge < -0.3 is 4.42 Å². The van der Waals surface area contributed by atoms with Gasteiger partial charge in [-0.15, -0.1) is 15.3 Å². The van der Waals surface area contributed by atoms with E-state index in [2.05, 4.69) is 25.7 Å². The number of halogens is 1. The Hall–Kier alpha value is -1.93. The number of benzene rings is 1. The number of hydrogen-bond donors (Lipinski definition) is 0. The average molecular weight is 377 g/mol. The van der Waals surface area contributed by atoms with Crippen LogP contribution >= 0.6 is 23.4 Å². The third-order valence-electron chi connectivity index (χ3n) is 4.28. The maximum Gasteiger partial charge on any atom is 0.247 e. The summed E-state index contributed by atoms with van der Waals surface area (Å²) in [5.74, 6) is 1.00. The molecule has 0 N–H and O–H groups in total. The van der Waals surface area contributed by atoms with Crippen LogP contribution in [-0.4, -0.2) is 30.4 Å². The quantitative estimate of drug-likeness (QED) is 0.612. The van der Waals surface area contributed by atoms with Crippen molar-refractivity contribution < 1.29 is 4.42 Å². The first-order valence-electron chi connectivity index (χ1n) is 8.24. The van der Waals surface area contributed by atoms with Crippen LogP contribution in [0.3, 0.4) is 0 Å². The van der Waals surface area contributed by atoms with E-state index in [1.807, 2.05) is 29.8 Å². The molecule has 0 saturated heterocycles. The van der Waals surface area contributed by atoms with E-state index in [9.17, 15) is 0 Å². The van der Waals surface area contributed by atoms with E-state index in [1.165, 1.54) is 24.6 Å². The average Bonchev–Trinajstić information content (AvgIpc) is 3.35. The van der Waals surface area contributed by atoms with E-state index in [0.717, 1.165) is 23.6 Å². The van der Waals surface area contributed by atoms with Gasteiger partial charge in [-0.3, -0.25) is 0 Å². The Balaban J connectivity index is 1.51. The Kier molecular flexibility index (Phi) is 4.72. The van der Waals surface area contributed by atoms with Gasteiger partial charge in [0.2, 0.25) is 16.9 Å². The Morgan fingerprint density at radius 1 is 1.24 bits per heavy atom. The molecule has 0 amide bonds. The zero-order valence-corrected chi connectivity index (χ0v) is 15.2. The van der Waals surface area contributed by atoms with Crippen molar-refractivity contribution in [3.63, 3.8) is 0 Å². The monoisotopic (exact) mass is 376 g/mol. The van der Waals surface area contributed by atoms with E-state index in [0.29, 0.717) is 22.8 Å². The van der Waals surface area contributed by atoms with Crippen molar-refractivity contribution in [1.82, 2.24) is 30.4 Å². The minimum Gasteiger partial charge on any atom is -0.419 e. The summed E-state index contributed by atoms with van der Waals surface area (Å²) < 4.78 is 7.75. The van der Waals surface area contributed by atoms with Gasteiger partial charge in [0.15, 0.2) is 0 Å². The molecule has 3 aromatic rings. The topological polar surface area (TPSA) is 82.5 Å². The summed E-state index contributed by atoms with van der Waals surface area (Å²) >= 11 is 7.55. The van der Waals surface area contributed by atoms with Gasteiger partial charge in [-0.05, 0) is 48.4 Å². The summed E-state index contributed by atoms with van der Waals surface area (Å²) in [6.07, 6.45) is 4.73. The summed E-state index contributed by atoms with van der Waals surface area (Å²) in [6, 6.07) is 7.76. The van der Waals surface area contributed by atoms with E-state index in [1.54, 1.807) is 6.07 Å². The molecular weight excluding hydrogens is 360 g/mol. The molecule has 1 fully saturated rings. The van der Waals surface area contributed by atoms with Crippen molar-refractivity contribution in [2.24, 2.45) is 0 Å². The zero-order valence-electron chi connectivity index (χ0n) is 13.7. The van der Waals surface area contributed by atoms with Crippen molar-refractivity contribution >= 4 is 23.4 Å². The lowest BCUT2D eigenvalue weighted by molar-refractivity contribution is 0.422. The van der Waals surface area contributed by atoms with Gasteiger partial charge in [0, 0.05) is 10.6 Å². The molecule has 0 radical (unpaired) electrons. The number of aromatic nitrogens is 6. The lowest BCUT2D eigenvalue weighted by Crippen LogP contribution is -2.08. The van der Waals surface area contributed by atoms with Crippen LogP contribution in [0.4, 0.5) is 0 Å². The molecule has 1 saturated carbocycles. The highest BCUT2D eigenvalue weighted by Crippen LogP contribution is 2.37. The molecule has 2 heterocycles. The third-order valence-corrected chi connectivity index (χ3v) is 5.55. The predicted molar refractivity (Wildman–Crippen MR) is 94.3 cm³/mol. The lowest BCUT2D eigenvalue weighted by atomic mass is 10.2. The molecular formula is C16H17ClN6OS. The van der Waals surface area contributed by atoms with Crippen LogP contribution in [0.5, 0.6) is 0 Å². The number of hydrogen-bond acceptors (Lipinski definition) is 7. The summed E-state index contributed by atoms with van der Waals surface area (Å²) in [6.45, 7) is 2.01. The number of thioether (sulfide) groups is 1. The molecule has 1 aliphatic carbocycles. The zero-order chi connectivity index (χ0) is 17.2. The Morgan fingerprint density at radius 2 is 2.08 bits per heavy atom. The van der Waals surface area contributed by atoms with Gasteiger partial charge in [-0.2, -0.15) is 0 Å². The Bertz CT molecular complexity index is 860. The van der Waals surface area contributed by atoms with Crippen molar-refractivity contribution in [3.8, 4) is 11.5 Å². The second-order valence-corrected chi connectivity index (χ2v) is 7.80. The first-order chi connectivity index (χ1) is 12.2. The molecule has 7 nitrogen and oxygen atoms in total. The molecule has 1 unspecified atom stereocenters. The fourth-order valence-electron chi connectivity index (χ4n) is 2.99. The second kappa shape index (κ2) is 7.13. The minimum absolute atomic E-state index is 0.0495. The molecule has 25 heavy (non-hydrogen) atoms. The maximum atomic E-state index is 6.02. The van der Waals surface area contributed by atoms with Gasteiger partial charge in [-0.1, -0.05) is 42.3 Å². The van der Waals surface area contributed by atoms with Gasteiger partial charge in [0.1, 0.15) is 0 Å². The van der Waals surface area contributed by atoms with Gasteiger partial charge >= 0.3 is 0 Å². The molecule has 1 aromatic carbocycles. The summed E-state index contributed by atoms with van der Waals surface area (Å²) in [5, 5.41) is 21.8. The fourth-order valence-corrected chi connectivity index (χ4v) is 4.07. The predicted octanol–water partition coefficient (Wildman–Crippen LogP) is 4.34. The molecule has 0 bridgehead atoms. The van der Waals surface area contributed by atoms with Crippen LogP contribution in [-0.2, 0) is 0 Å². The molecule has 1 atom stereocenters. The van der Waals surface area contributed by atoms with Crippen molar-refractivity contribution in [3.05, 3.63) is 35.2 Å². The second-order valence-electron chi connectivity index (χ2n) is 6.06. The van der Waals surface area contributed by atoms with Gasteiger partial charge in [0.05, 0.1) is 11.3 Å². The van der Waals surface area contributed by atoms with Crippen molar-refractivity contribution in [2.45, 2.75) is 49.1 Å². The van der Waals surface area contributed by atoms with Gasteiger partial charge in [0.25, 0.3) is 0 Å². The Labute approximate surface area is 154 Å². The fraction of sp³-hybridized carbons (Fsp3) is 0.438. The summed E-state index contributed by atoms with van der Waals surface area (Å²) in [5.41, 5.74) is 0.805. The van der Waals surface area contributed by atoms with E-state index in [-0.39, 0.29) is 5.25 Å². The first kappa shape index (κ1) is 16.5. The number of nitrogens with zero attached hydrogens (tertiary/aromatic N) is 6. The maximum absolute atomic E-state index is 6.02. The molecule has 130 valence electrons. The standard InChI is InChI=1S/C16H17ClN6OS/c1-10(25-16-20-21-22-23(16)13-7-2-3-8-13)14-18-19-15(24-14)11-5-4-6-12(17)9-11/h4-6,9-10,13H,2-3,7-8H2,1H3. The van der Waals surface area contributed by atoms with E-state index < -0.39 is 0 Å². The van der Waals surface area contributed by atoms with Crippen LogP contribution < -0.4 is 0 Å². The van der Waals surface area contributed by atoms with Crippen LogP contribution in [0.2, 0.25) is 5.02 Å². The Morgan fingerprint density at radius 3 is 2.88 bits per heavy atom. The van der Waals surface area contributed by atoms with Crippen LogP contribution in [0.25, 0.3) is 11.5 Å². The largest absolute Gasteiger partial charge is 0.419 e. The smallest absolute Gasteiger partial charge is 0.247 e. The van der Waals surface area contributed by atoms with Crippen LogP contribution in [0.15, 0.2) is 33.8 Å². The molecule has 0 aliphatic heterocycles. The molecule has 4 rings (SSSR count). The highest BCUT2D eigenvalue weighted by Gasteiger charge is 2.24. The molecule has 2 aromatic heterocycles. The third kappa shape index (κ3) is 3.55. The normalized spacial score (nSPS) is 16.4. The van der Waals surface area contributed by atoms with E-state index in [4.69, 9.17) is 16.0 Å². The lowest BCUT2D eigenvalue weighted by Gasteiger charge is -2.12. The van der Waals surface area contributed by atoms with Crippen LogP contribution in [0, 0.1) is 0 Å². The summed E-state index contributed by atoms with van der Waals surface area (Å²) in [4.78, 5) is 0. The van der Waals surface area contributed by atoms with E-state index >= 15 is 0 Å². The highest BCUT2D eigenvalue weighted by atomic mass is 35.5. The summed E-state index contributed by atoms with van der Waals surface area (Å²) in [7, 11) is 0. The molecule has 9 heteroatoms.